The number of amides is 1. The number of carbonyl (C=O) groups excluding carboxylic acids is 3. The second-order valence-corrected chi connectivity index (χ2v) is 5.91. The maximum absolute atomic E-state index is 12.2. The number of rotatable bonds is 5. The van der Waals surface area contributed by atoms with E-state index in [1.54, 1.807) is 13.8 Å². The highest BCUT2D eigenvalue weighted by Crippen LogP contribution is 2.28. The lowest BCUT2D eigenvalue weighted by Crippen LogP contribution is -2.17. The van der Waals surface area contributed by atoms with Gasteiger partial charge in [-0.3, -0.25) is 9.59 Å². The summed E-state index contributed by atoms with van der Waals surface area (Å²) in [5.41, 5.74) is 2.81. The number of nitrogens with zero attached hydrogens (tertiary/aromatic N) is 1. The fourth-order valence-electron chi connectivity index (χ4n) is 2.26. The molecule has 1 aromatic rings. The minimum absolute atomic E-state index is 0.0268. The highest BCUT2D eigenvalue weighted by atomic mass is 35.5. The zero-order valence-corrected chi connectivity index (χ0v) is 15.4. The molecule has 1 aliphatic rings. The number of methoxy groups -OCH3 is 2. The van der Waals surface area contributed by atoms with Gasteiger partial charge in [-0.2, -0.15) is 0 Å². The molecule has 2 heterocycles. The molecular weight excluding hydrogens is 366 g/mol. The Hall–Kier alpha value is -2.81. The van der Waals surface area contributed by atoms with Gasteiger partial charge in [0.25, 0.3) is 5.91 Å². The van der Waals surface area contributed by atoms with Gasteiger partial charge in [0.2, 0.25) is 5.90 Å². The van der Waals surface area contributed by atoms with Crippen LogP contribution in [0.4, 0.5) is 0 Å². The van der Waals surface area contributed by atoms with Crippen molar-refractivity contribution in [2.75, 3.05) is 14.2 Å². The molecule has 1 aromatic heterocycles. The van der Waals surface area contributed by atoms with Gasteiger partial charge in [-0.15, -0.1) is 5.10 Å². The molecule has 0 bridgehead atoms. The van der Waals surface area contributed by atoms with Gasteiger partial charge in [-0.1, -0.05) is 11.6 Å². The molecule has 1 amide bonds. The molecule has 0 unspecified atom stereocenters. The third-order valence-electron chi connectivity index (χ3n) is 3.39. The fourth-order valence-corrected chi connectivity index (χ4v) is 2.52. The van der Waals surface area contributed by atoms with E-state index < -0.39 is 17.8 Å². The quantitative estimate of drug-likeness (QED) is 0.586. The molecule has 0 saturated carbocycles. The lowest BCUT2D eigenvalue weighted by molar-refractivity contribution is -0.139. The molecule has 0 aromatic carbocycles. The number of ether oxygens (including phenoxy) is 3. The average molecular weight is 384 g/mol. The van der Waals surface area contributed by atoms with E-state index in [1.165, 1.54) is 20.3 Å². The van der Waals surface area contributed by atoms with E-state index in [-0.39, 0.29) is 46.0 Å². The van der Waals surface area contributed by atoms with E-state index in [9.17, 15) is 14.4 Å². The van der Waals surface area contributed by atoms with Crippen LogP contribution >= 0.6 is 11.6 Å². The Labute approximate surface area is 154 Å². The Bertz CT molecular complexity index is 809. The van der Waals surface area contributed by atoms with Crippen LogP contribution in [-0.2, 0) is 30.2 Å². The average Bonchev–Trinajstić information content (AvgIpc) is 3.08. The molecule has 0 saturated heterocycles. The van der Waals surface area contributed by atoms with Crippen molar-refractivity contribution in [1.82, 2.24) is 10.4 Å². The summed E-state index contributed by atoms with van der Waals surface area (Å²) < 4.78 is 14.9. The van der Waals surface area contributed by atoms with Crippen LogP contribution in [0.5, 0.6) is 0 Å². The molecule has 0 fully saturated rings. The van der Waals surface area contributed by atoms with Crippen LogP contribution in [-0.4, -0.2) is 49.1 Å². The first-order valence-electron chi connectivity index (χ1n) is 7.60. The summed E-state index contributed by atoms with van der Waals surface area (Å²) in [6.07, 6.45) is 0.907. The summed E-state index contributed by atoms with van der Waals surface area (Å²) in [4.78, 5) is 38.6. The highest BCUT2D eigenvalue weighted by molar-refractivity contribution is 6.31. The fraction of sp³-hybridized carbons (Fsp3) is 0.375. The van der Waals surface area contributed by atoms with E-state index in [4.69, 9.17) is 21.1 Å². The van der Waals surface area contributed by atoms with E-state index >= 15 is 0 Å². The molecule has 9 nitrogen and oxygen atoms in total. The largest absolute Gasteiger partial charge is 0.473 e. The highest BCUT2D eigenvalue weighted by Gasteiger charge is 2.29. The van der Waals surface area contributed by atoms with E-state index in [2.05, 4.69) is 20.2 Å². The number of aromatic nitrogens is 1. The van der Waals surface area contributed by atoms with Gasteiger partial charge < -0.3 is 19.2 Å². The van der Waals surface area contributed by atoms with Crippen LogP contribution in [0.25, 0.3) is 6.08 Å². The number of hydrogen-bond donors (Lipinski definition) is 2. The predicted octanol–water partition coefficient (Wildman–Crippen LogP) is 1.42. The van der Waals surface area contributed by atoms with Gasteiger partial charge >= 0.3 is 11.9 Å². The van der Waals surface area contributed by atoms with E-state index in [0.29, 0.717) is 0 Å². The van der Waals surface area contributed by atoms with Crippen molar-refractivity contribution in [3.05, 3.63) is 27.5 Å². The number of nitrogens with one attached hydrogen (secondary N) is 2. The Morgan fingerprint density at radius 2 is 1.96 bits per heavy atom. The molecule has 0 radical (unpaired) electrons. The lowest BCUT2D eigenvalue weighted by Gasteiger charge is -2.08. The minimum Gasteiger partial charge on any atom is -0.473 e. The summed E-state index contributed by atoms with van der Waals surface area (Å²) in [6.45, 7) is 3.56. The van der Waals surface area contributed by atoms with Crippen LogP contribution in [0.15, 0.2) is 10.7 Å². The number of H-pyrrole nitrogens is 1. The summed E-state index contributed by atoms with van der Waals surface area (Å²) >= 11 is 6.13. The summed E-state index contributed by atoms with van der Waals surface area (Å²) in [6, 6.07) is 0. The number of carbonyl (C=O) groups is 3. The van der Waals surface area contributed by atoms with Crippen molar-refractivity contribution >= 4 is 41.4 Å². The number of hydrogen-bond acceptors (Lipinski definition) is 7. The van der Waals surface area contributed by atoms with Crippen molar-refractivity contribution in [1.29, 1.82) is 0 Å². The summed E-state index contributed by atoms with van der Waals surface area (Å²) in [5, 5.41) is 3.87. The van der Waals surface area contributed by atoms with Crippen LogP contribution in [0.3, 0.4) is 0 Å². The van der Waals surface area contributed by atoms with Crippen molar-refractivity contribution in [3.63, 3.8) is 0 Å². The Morgan fingerprint density at radius 3 is 2.54 bits per heavy atom. The molecule has 1 aliphatic heterocycles. The first-order chi connectivity index (χ1) is 12.3. The Kier molecular flexibility index (Phi) is 6.04. The van der Waals surface area contributed by atoms with Crippen LogP contribution in [0.2, 0.25) is 5.15 Å². The lowest BCUT2D eigenvalue weighted by atomic mass is 10.1. The maximum Gasteiger partial charge on any atom is 0.340 e. The van der Waals surface area contributed by atoms with Crippen molar-refractivity contribution in [3.8, 4) is 0 Å². The molecule has 0 spiro atoms. The van der Waals surface area contributed by atoms with Crippen molar-refractivity contribution in [2.24, 2.45) is 5.10 Å². The van der Waals surface area contributed by atoms with Gasteiger partial charge in [0.05, 0.1) is 38.0 Å². The normalized spacial score (nSPS) is 15.1. The van der Waals surface area contributed by atoms with Gasteiger partial charge in [0.1, 0.15) is 10.7 Å². The number of esters is 2. The third kappa shape index (κ3) is 4.05. The maximum atomic E-state index is 12.2. The molecule has 2 N–H and O–H groups in total. The second-order valence-electron chi connectivity index (χ2n) is 5.53. The van der Waals surface area contributed by atoms with Crippen LogP contribution in [0.1, 0.15) is 35.5 Å². The monoisotopic (exact) mass is 383 g/mol. The van der Waals surface area contributed by atoms with E-state index in [0.717, 1.165) is 0 Å². The molecule has 140 valence electrons. The van der Waals surface area contributed by atoms with E-state index in [1.807, 2.05) is 0 Å². The number of halogens is 1. The second kappa shape index (κ2) is 8.05. The zero-order chi connectivity index (χ0) is 19.4. The molecule has 0 atom stereocenters. The first kappa shape index (κ1) is 19.5. The molecular formula is C16H18ClN3O6. The van der Waals surface area contributed by atoms with Gasteiger partial charge in [-0.05, 0) is 19.9 Å². The third-order valence-corrected chi connectivity index (χ3v) is 3.71. The predicted molar refractivity (Wildman–Crippen MR) is 92.6 cm³/mol. The molecule has 0 aliphatic carbocycles. The number of hydrazone groups is 1. The van der Waals surface area contributed by atoms with Crippen LogP contribution < -0.4 is 5.43 Å². The van der Waals surface area contributed by atoms with Crippen molar-refractivity contribution in [2.45, 2.75) is 26.4 Å². The minimum atomic E-state index is -0.722. The topological polar surface area (TPSA) is 119 Å². The molecule has 26 heavy (non-hydrogen) atoms. The first-order valence-corrected chi connectivity index (χ1v) is 7.98. The van der Waals surface area contributed by atoms with Gasteiger partial charge in [0.15, 0.2) is 0 Å². The smallest absolute Gasteiger partial charge is 0.340 e. The summed E-state index contributed by atoms with van der Waals surface area (Å²) in [7, 11) is 2.41. The number of aromatic amines is 1. The Morgan fingerprint density at radius 1 is 1.27 bits per heavy atom. The van der Waals surface area contributed by atoms with Gasteiger partial charge in [0, 0.05) is 5.56 Å². The van der Waals surface area contributed by atoms with Gasteiger partial charge in [-0.25, -0.2) is 10.2 Å². The Balaban J connectivity index is 2.53. The zero-order valence-electron chi connectivity index (χ0n) is 14.6. The molecule has 2 rings (SSSR count). The van der Waals surface area contributed by atoms with Crippen molar-refractivity contribution < 1.29 is 28.6 Å². The standard InChI is InChI=1S/C16H18ClN3O6/c1-7(2)26-15-9(14(22)19-20-15)5-10-12(16(23)25-4)8(13(17)18-10)6-11(21)24-3/h5,7,18H,6H2,1-4H3,(H,19,22). The summed E-state index contributed by atoms with van der Waals surface area (Å²) in [5.74, 6) is -1.72. The SMILES string of the molecule is COC(=O)Cc1c(Cl)[nH]c(C=C2C(=O)NN=C2OC(C)C)c1C(=O)OC. The molecule has 10 heteroatoms. The van der Waals surface area contributed by atoms with Crippen LogP contribution in [0, 0.1) is 0 Å².